The molecule has 25 heavy (non-hydrogen) atoms. The number of furan rings is 1. The van der Waals surface area contributed by atoms with E-state index in [2.05, 4.69) is 22.0 Å². The van der Waals surface area contributed by atoms with Crippen molar-refractivity contribution >= 4 is 32.7 Å². The van der Waals surface area contributed by atoms with Gasteiger partial charge in [0.05, 0.1) is 5.56 Å². The van der Waals surface area contributed by atoms with Crippen molar-refractivity contribution in [2.75, 3.05) is 0 Å². The molecule has 3 nitrogen and oxygen atoms in total. The Hall–Kier alpha value is -2.90. The van der Waals surface area contributed by atoms with E-state index in [0.29, 0.717) is 27.6 Å². The molecule has 1 heterocycles. The summed E-state index contributed by atoms with van der Waals surface area (Å²) >= 11 is 3.43. The molecule has 2 aromatic rings. The van der Waals surface area contributed by atoms with E-state index in [1.165, 1.54) is 0 Å². The van der Waals surface area contributed by atoms with Gasteiger partial charge in [-0.05, 0) is 23.3 Å². The SMILES string of the molecule is N#Cc1c2cccccc-2c(C(=O)c2cc3ccccc3o2)c1CBr. The maximum Gasteiger partial charge on any atom is 0.229 e. The van der Waals surface area contributed by atoms with Crippen molar-refractivity contribution < 1.29 is 9.21 Å². The second-order valence-electron chi connectivity index (χ2n) is 5.69. The van der Waals surface area contributed by atoms with Crippen molar-refractivity contribution in [3.8, 4) is 17.2 Å². The van der Waals surface area contributed by atoms with Crippen molar-refractivity contribution in [2.45, 2.75) is 5.33 Å². The molecule has 0 aliphatic heterocycles. The lowest BCUT2D eigenvalue weighted by Crippen LogP contribution is -2.02. The largest absolute Gasteiger partial charge is 0.453 e. The molecule has 0 saturated heterocycles. The van der Waals surface area contributed by atoms with Crippen LogP contribution in [-0.2, 0) is 5.33 Å². The maximum absolute atomic E-state index is 13.2. The summed E-state index contributed by atoms with van der Waals surface area (Å²) in [7, 11) is 0. The van der Waals surface area contributed by atoms with Crippen LogP contribution in [0.1, 0.15) is 27.2 Å². The van der Waals surface area contributed by atoms with Crippen LogP contribution in [0.5, 0.6) is 0 Å². The molecule has 0 radical (unpaired) electrons. The van der Waals surface area contributed by atoms with Gasteiger partial charge in [-0.15, -0.1) is 0 Å². The normalized spacial score (nSPS) is 10.9. The van der Waals surface area contributed by atoms with Gasteiger partial charge < -0.3 is 4.42 Å². The highest BCUT2D eigenvalue weighted by molar-refractivity contribution is 9.08. The number of benzene rings is 1. The van der Waals surface area contributed by atoms with Crippen LogP contribution >= 0.6 is 15.9 Å². The predicted octanol–water partition coefficient (Wildman–Crippen LogP) is 5.54. The first-order chi connectivity index (χ1) is 12.2. The summed E-state index contributed by atoms with van der Waals surface area (Å²) in [6.45, 7) is 0. The first-order valence-corrected chi connectivity index (χ1v) is 8.89. The number of para-hydroxylation sites is 1. The smallest absolute Gasteiger partial charge is 0.229 e. The predicted molar refractivity (Wildman–Crippen MR) is 100 cm³/mol. The molecular weight excluding hydrogens is 378 g/mol. The molecule has 0 saturated carbocycles. The first-order valence-electron chi connectivity index (χ1n) is 7.77. The summed E-state index contributed by atoms with van der Waals surface area (Å²) in [5.74, 6) is 0.0784. The molecule has 2 aliphatic rings. The molecule has 0 spiro atoms. The number of alkyl halides is 1. The minimum Gasteiger partial charge on any atom is -0.453 e. The molecule has 0 fully saturated rings. The van der Waals surface area contributed by atoms with E-state index >= 15 is 0 Å². The van der Waals surface area contributed by atoms with Crippen molar-refractivity contribution in [1.82, 2.24) is 0 Å². The van der Waals surface area contributed by atoms with Crippen LogP contribution in [-0.4, -0.2) is 5.78 Å². The third-order valence-electron chi connectivity index (χ3n) is 4.30. The quantitative estimate of drug-likeness (QED) is 0.341. The molecular formula is C21H12BrNO2. The summed E-state index contributed by atoms with van der Waals surface area (Å²) in [5, 5.41) is 10.9. The highest BCUT2D eigenvalue weighted by Gasteiger charge is 2.28. The Labute approximate surface area is 153 Å². The van der Waals surface area contributed by atoms with Gasteiger partial charge in [0.1, 0.15) is 11.7 Å². The zero-order chi connectivity index (χ0) is 17.4. The summed E-state index contributed by atoms with van der Waals surface area (Å²) in [4.78, 5) is 13.2. The highest BCUT2D eigenvalue weighted by Crippen LogP contribution is 2.39. The fraction of sp³-hybridized carbons (Fsp3) is 0.0476. The minimum atomic E-state index is -0.205. The van der Waals surface area contributed by atoms with E-state index in [1.54, 1.807) is 6.07 Å². The number of hydrogen-bond donors (Lipinski definition) is 0. The van der Waals surface area contributed by atoms with Crippen LogP contribution in [0.4, 0.5) is 0 Å². The molecule has 0 N–H and O–H groups in total. The Bertz CT molecular complexity index is 1090. The lowest BCUT2D eigenvalue weighted by atomic mass is 10.0. The molecule has 0 bridgehead atoms. The first kappa shape index (κ1) is 15.6. The number of hydrogen-bond acceptors (Lipinski definition) is 3. The van der Waals surface area contributed by atoms with E-state index in [1.807, 2.05) is 54.6 Å². The van der Waals surface area contributed by atoms with Crippen LogP contribution in [0.3, 0.4) is 0 Å². The topological polar surface area (TPSA) is 54.0 Å². The molecule has 4 heteroatoms. The van der Waals surface area contributed by atoms with Crippen molar-refractivity contribution in [3.63, 3.8) is 0 Å². The van der Waals surface area contributed by atoms with Crippen LogP contribution in [0.15, 0.2) is 65.1 Å². The Balaban J connectivity index is 1.97. The number of halogens is 1. The summed E-state index contributed by atoms with van der Waals surface area (Å²) < 4.78 is 5.75. The van der Waals surface area contributed by atoms with Gasteiger partial charge in [0.15, 0.2) is 5.76 Å². The van der Waals surface area contributed by atoms with E-state index in [0.717, 1.165) is 16.5 Å². The fourth-order valence-corrected chi connectivity index (χ4v) is 3.73. The van der Waals surface area contributed by atoms with E-state index < -0.39 is 0 Å². The number of fused-ring (bicyclic) bond motifs is 2. The van der Waals surface area contributed by atoms with E-state index in [-0.39, 0.29) is 11.5 Å². The van der Waals surface area contributed by atoms with Gasteiger partial charge in [-0.25, -0.2) is 0 Å². The second-order valence-corrected chi connectivity index (χ2v) is 6.25. The average Bonchev–Trinajstić information content (AvgIpc) is 3.11. The summed E-state index contributed by atoms with van der Waals surface area (Å²) in [6, 6.07) is 20.9. The monoisotopic (exact) mass is 389 g/mol. The second kappa shape index (κ2) is 6.19. The Morgan fingerprint density at radius 2 is 1.76 bits per heavy atom. The number of carbonyl (C=O) groups excluding carboxylic acids is 1. The zero-order valence-electron chi connectivity index (χ0n) is 13.1. The summed E-state index contributed by atoms with van der Waals surface area (Å²) in [5.41, 5.74) is 3.98. The Kier molecular flexibility index (Phi) is 3.87. The number of ketones is 1. The van der Waals surface area contributed by atoms with Gasteiger partial charge in [-0.1, -0.05) is 64.5 Å². The fourth-order valence-electron chi connectivity index (χ4n) is 3.17. The Morgan fingerprint density at radius 1 is 1.04 bits per heavy atom. The Morgan fingerprint density at radius 3 is 2.48 bits per heavy atom. The molecule has 4 rings (SSSR count). The van der Waals surface area contributed by atoms with Gasteiger partial charge in [-0.2, -0.15) is 5.26 Å². The van der Waals surface area contributed by atoms with Gasteiger partial charge in [0, 0.05) is 21.8 Å². The molecule has 1 aromatic heterocycles. The molecule has 120 valence electrons. The number of carbonyl (C=O) groups is 1. The number of rotatable bonds is 3. The van der Waals surface area contributed by atoms with E-state index in [4.69, 9.17) is 4.42 Å². The summed E-state index contributed by atoms with van der Waals surface area (Å²) in [6.07, 6.45) is 0. The van der Waals surface area contributed by atoms with Gasteiger partial charge in [-0.3, -0.25) is 4.79 Å². The third kappa shape index (κ3) is 2.45. The maximum atomic E-state index is 13.2. The number of nitrogens with zero attached hydrogens (tertiary/aromatic N) is 1. The molecule has 0 amide bonds. The van der Waals surface area contributed by atoms with Crippen LogP contribution in [0.25, 0.3) is 22.1 Å². The highest BCUT2D eigenvalue weighted by atomic mass is 79.9. The van der Waals surface area contributed by atoms with Crippen molar-refractivity contribution in [2.24, 2.45) is 0 Å². The molecule has 0 atom stereocenters. The molecule has 2 aliphatic carbocycles. The van der Waals surface area contributed by atoms with Crippen LogP contribution in [0.2, 0.25) is 0 Å². The van der Waals surface area contributed by atoms with E-state index in [9.17, 15) is 10.1 Å². The van der Waals surface area contributed by atoms with Crippen molar-refractivity contribution in [3.05, 3.63) is 83.1 Å². The van der Waals surface area contributed by atoms with Crippen molar-refractivity contribution in [1.29, 1.82) is 5.26 Å². The molecule has 1 aromatic carbocycles. The van der Waals surface area contributed by atoms with Gasteiger partial charge in [0.25, 0.3) is 0 Å². The standard InChI is InChI=1S/C21H12BrNO2/c22-11-16-17(12-23)14-7-2-1-3-8-15(14)20(16)21(24)19-10-13-6-4-5-9-18(13)25-19/h1-10H,11H2. The number of nitriles is 1. The van der Waals surface area contributed by atoms with Gasteiger partial charge in [0.2, 0.25) is 5.78 Å². The average molecular weight is 390 g/mol. The minimum absolute atomic E-state index is 0.205. The lowest BCUT2D eigenvalue weighted by Gasteiger charge is -2.01. The zero-order valence-corrected chi connectivity index (χ0v) is 14.7. The lowest BCUT2D eigenvalue weighted by molar-refractivity contribution is 0.101. The van der Waals surface area contributed by atoms with Crippen LogP contribution in [0, 0.1) is 11.3 Å². The molecule has 0 unspecified atom stereocenters. The van der Waals surface area contributed by atoms with Crippen LogP contribution < -0.4 is 0 Å². The third-order valence-corrected chi connectivity index (χ3v) is 4.86. The van der Waals surface area contributed by atoms with Gasteiger partial charge >= 0.3 is 0 Å².